The lowest BCUT2D eigenvalue weighted by Gasteiger charge is -2.13. The van der Waals surface area contributed by atoms with Crippen molar-refractivity contribution < 1.29 is 9.53 Å². The molecule has 88 valence electrons. The lowest BCUT2D eigenvalue weighted by molar-refractivity contribution is -0.122. The van der Waals surface area contributed by atoms with Gasteiger partial charge in [-0.2, -0.15) is 0 Å². The van der Waals surface area contributed by atoms with Gasteiger partial charge < -0.3 is 9.72 Å². The van der Waals surface area contributed by atoms with E-state index in [0.717, 1.165) is 0 Å². The second-order valence-corrected chi connectivity index (χ2v) is 3.50. The SMILES string of the molecule is CC(Oc1ccccc1)C(=O)Nc1ncc[nH]1. The van der Waals surface area contributed by atoms with Crippen molar-refractivity contribution in [2.24, 2.45) is 0 Å². The summed E-state index contributed by atoms with van der Waals surface area (Å²) in [4.78, 5) is 18.4. The van der Waals surface area contributed by atoms with Crippen LogP contribution in [-0.2, 0) is 4.79 Å². The standard InChI is InChI=1S/C12H13N3O2/c1-9(17-10-5-3-2-4-6-10)11(16)15-12-13-7-8-14-12/h2-9H,1H3,(H2,13,14,15,16). The number of imidazole rings is 1. The maximum Gasteiger partial charge on any atom is 0.267 e. The number of aromatic amines is 1. The van der Waals surface area contributed by atoms with Crippen LogP contribution < -0.4 is 10.1 Å². The number of nitrogens with zero attached hydrogens (tertiary/aromatic N) is 1. The minimum atomic E-state index is -0.581. The summed E-state index contributed by atoms with van der Waals surface area (Å²) < 4.78 is 5.47. The average molecular weight is 231 g/mol. The molecule has 2 aromatic rings. The molecule has 0 aliphatic carbocycles. The second-order valence-electron chi connectivity index (χ2n) is 3.50. The Morgan fingerprint density at radius 1 is 1.41 bits per heavy atom. The van der Waals surface area contributed by atoms with E-state index in [0.29, 0.717) is 11.7 Å². The predicted octanol–water partition coefficient (Wildman–Crippen LogP) is 1.82. The number of anilines is 1. The number of para-hydroxylation sites is 1. The fourth-order valence-corrected chi connectivity index (χ4v) is 1.31. The van der Waals surface area contributed by atoms with Crippen LogP contribution in [0.1, 0.15) is 6.92 Å². The van der Waals surface area contributed by atoms with Gasteiger partial charge in [-0.15, -0.1) is 0 Å². The molecular weight excluding hydrogens is 218 g/mol. The molecular formula is C12H13N3O2. The minimum Gasteiger partial charge on any atom is -0.481 e. The monoisotopic (exact) mass is 231 g/mol. The average Bonchev–Trinajstić information content (AvgIpc) is 2.83. The molecule has 2 rings (SSSR count). The van der Waals surface area contributed by atoms with E-state index in [4.69, 9.17) is 4.74 Å². The van der Waals surface area contributed by atoms with Gasteiger partial charge in [0.15, 0.2) is 6.10 Å². The number of H-pyrrole nitrogens is 1. The van der Waals surface area contributed by atoms with Crippen molar-refractivity contribution in [1.29, 1.82) is 0 Å². The summed E-state index contributed by atoms with van der Waals surface area (Å²) in [7, 11) is 0. The predicted molar refractivity (Wildman–Crippen MR) is 63.7 cm³/mol. The van der Waals surface area contributed by atoms with Gasteiger partial charge in [-0.3, -0.25) is 10.1 Å². The van der Waals surface area contributed by atoms with Gasteiger partial charge in [-0.05, 0) is 19.1 Å². The van der Waals surface area contributed by atoms with Crippen LogP contribution >= 0.6 is 0 Å². The summed E-state index contributed by atoms with van der Waals surface area (Å²) >= 11 is 0. The van der Waals surface area contributed by atoms with Gasteiger partial charge in [-0.25, -0.2) is 4.98 Å². The van der Waals surface area contributed by atoms with Gasteiger partial charge in [-0.1, -0.05) is 18.2 Å². The van der Waals surface area contributed by atoms with Crippen LogP contribution in [0.15, 0.2) is 42.7 Å². The largest absolute Gasteiger partial charge is 0.481 e. The van der Waals surface area contributed by atoms with Gasteiger partial charge in [0.25, 0.3) is 5.91 Å². The van der Waals surface area contributed by atoms with Crippen molar-refractivity contribution >= 4 is 11.9 Å². The van der Waals surface area contributed by atoms with Gasteiger partial charge >= 0.3 is 0 Å². The van der Waals surface area contributed by atoms with E-state index in [9.17, 15) is 4.79 Å². The van der Waals surface area contributed by atoms with Gasteiger partial charge in [0, 0.05) is 12.4 Å². The Kier molecular flexibility index (Phi) is 3.40. The van der Waals surface area contributed by atoms with Crippen LogP contribution in [0, 0.1) is 0 Å². The Balaban J connectivity index is 1.92. The maximum atomic E-state index is 11.7. The fraction of sp³-hybridized carbons (Fsp3) is 0.167. The molecule has 0 saturated carbocycles. The number of rotatable bonds is 4. The van der Waals surface area contributed by atoms with Gasteiger partial charge in [0.05, 0.1) is 0 Å². The quantitative estimate of drug-likeness (QED) is 0.843. The summed E-state index contributed by atoms with van der Waals surface area (Å²) in [6.07, 6.45) is 2.62. The number of benzene rings is 1. The van der Waals surface area contributed by atoms with Crippen molar-refractivity contribution in [3.63, 3.8) is 0 Å². The normalized spacial score (nSPS) is 11.8. The number of hydrogen-bond donors (Lipinski definition) is 2. The molecule has 0 spiro atoms. The van der Waals surface area contributed by atoms with Crippen LogP contribution in [0.25, 0.3) is 0 Å². The Labute approximate surface area is 98.8 Å². The third kappa shape index (κ3) is 3.07. The minimum absolute atomic E-state index is 0.246. The molecule has 1 amide bonds. The van der Waals surface area contributed by atoms with Crippen LogP contribution in [0.3, 0.4) is 0 Å². The Morgan fingerprint density at radius 2 is 2.18 bits per heavy atom. The van der Waals surface area contributed by atoms with Crippen LogP contribution in [-0.4, -0.2) is 22.0 Å². The van der Waals surface area contributed by atoms with Crippen LogP contribution in [0.4, 0.5) is 5.95 Å². The summed E-state index contributed by atoms with van der Waals surface area (Å²) in [5.74, 6) is 0.830. The molecule has 1 atom stereocenters. The number of carbonyl (C=O) groups excluding carboxylic acids is 1. The zero-order valence-electron chi connectivity index (χ0n) is 9.38. The highest BCUT2D eigenvalue weighted by molar-refractivity contribution is 5.92. The fourth-order valence-electron chi connectivity index (χ4n) is 1.31. The highest BCUT2D eigenvalue weighted by atomic mass is 16.5. The zero-order valence-corrected chi connectivity index (χ0v) is 9.38. The molecule has 1 aromatic heterocycles. The Hall–Kier alpha value is -2.30. The van der Waals surface area contributed by atoms with E-state index in [1.54, 1.807) is 31.5 Å². The molecule has 1 heterocycles. The summed E-state index contributed by atoms with van der Waals surface area (Å²) in [5, 5.41) is 2.61. The van der Waals surface area contributed by atoms with Crippen molar-refractivity contribution in [1.82, 2.24) is 9.97 Å². The number of carbonyl (C=O) groups is 1. The zero-order chi connectivity index (χ0) is 12.1. The van der Waals surface area contributed by atoms with Gasteiger partial charge in [0.1, 0.15) is 5.75 Å². The molecule has 0 aliphatic rings. The van der Waals surface area contributed by atoms with E-state index in [1.807, 2.05) is 18.2 Å². The molecule has 1 unspecified atom stereocenters. The first-order chi connectivity index (χ1) is 8.25. The number of aromatic nitrogens is 2. The third-order valence-corrected chi connectivity index (χ3v) is 2.17. The van der Waals surface area contributed by atoms with Gasteiger partial charge in [0.2, 0.25) is 5.95 Å². The topological polar surface area (TPSA) is 67.0 Å². The number of hydrogen-bond acceptors (Lipinski definition) is 3. The number of ether oxygens (including phenoxy) is 1. The lowest BCUT2D eigenvalue weighted by Crippen LogP contribution is -2.30. The van der Waals surface area contributed by atoms with E-state index in [1.165, 1.54) is 0 Å². The Bertz CT molecular complexity index is 468. The third-order valence-electron chi connectivity index (χ3n) is 2.17. The maximum absolute atomic E-state index is 11.7. The van der Waals surface area contributed by atoms with Crippen molar-refractivity contribution in [3.05, 3.63) is 42.7 Å². The highest BCUT2D eigenvalue weighted by Crippen LogP contribution is 2.11. The second kappa shape index (κ2) is 5.16. The number of nitrogens with one attached hydrogen (secondary N) is 2. The molecule has 17 heavy (non-hydrogen) atoms. The molecule has 0 radical (unpaired) electrons. The first kappa shape index (κ1) is 11.2. The summed E-state index contributed by atoms with van der Waals surface area (Å²) in [6, 6.07) is 9.20. The molecule has 2 N–H and O–H groups in total. The molecule has 1 aromatic carbocycles. The van der Waals surface area contributed by atoms with E-state index >= 15 is 0 Å². The molecule has 5 nitrogen and oxygen atoms in total. The van der Waals surface area contributed by atoms with Crippen molar-refractivity contribution in [2.45, 2.75) is 13.0 Å². The van der Waals surface area contributed by atoms with E-state index in [2.05, 4.69) is 15.3 Å². The smallest absolute Gasteiger partial charge is 0.267 e. The van der Waals surface area contributed by atoms with E-state index in [-0.39, 0.29) is 5.91 Å². The van der Waals surface area contributed by atoms with Crippen LogP contribution in [0.5, 0.6) is 5.75 Å². The molecule has 0 saturated heterocycles. The highest BCUT2D eigenvalue weighted by Gasteiger charge is 2.15. The lowest BCUT2D eigenvalue weighted by atomic mass is 10.3. The molecule has 0 fully saturated rings. The first-order valence-corrected chi connectivity index (χ1v) is 5.27. The summed E-state index contributed by atoms with van der Waals surface area (Å²) in [6.45, 7) is 1.69. The van der Waals surface area contributed by atoms with E-state index < -0.39 is 6.10 Å². The molecule has 0 bridgehead atoms. The molecule has 5 heteroatoms. The number of amides is 1. The Morgan fingerprint density at radius 3 is 2.82 bits per heavy atom. The van der Waals surface area contributed by atoms with Crippen molar-refractivity contribution in [2.75, 3.05) is 5.32 Å². The van der Waals surface area contributed by atoms with Crippen LogP contribution in [0.2, 0.25) is 0 Å². The molecule has 0 aliphatic heterocycles. The van der Waals surface area contributed by atoms with Crippen molar-refractivity contribution in [3.8, 4) is 5.75 Å². The summed E-state index contributed by atoms with van der Waals surface area (Å²) in [5.41, 5.74) is 0. The first-order valence-electron chi connectivity index (χ1n) is 5.27.